The fourth-order valence-electron chi connectivity index (χ4n) is 4.46. The van der Waals surface area contributed by atoms with E-state index in [-0.39, 0.29) is 68.8 Å². The van der Waals surface area contributed by atoms with E-state index < -0.39 is 11.8 Å². The monoisotopic (exact) mass is 696 g/mol. The summed E-state index contributed by atoms with van der Waals surface area (Å²) in [7, 11) is 2.99. The first-order valence-corrected chi connectivity index (χ1v) is 16.6. The molecule has 0 spiro atoms. The van der Waals surface area contributed by atoms with Crippen molar-refractivity contribution in [2.75, 3.05) is 47.3 Å². The first-order valence-electron chi connectivity index (χ1n) is 16.6. The van der Waals surface area contributed by atoms with Crippen LogP contribution in [0.2, 0.25) is 0 Å². The molecule has 2 rings (SSSR count). The van der Waals surface area contributed by atoms with Gasteiger partial charge in [-0.25, -0.2) is 0 Å². The molecule has 0 atom stereocenters. The minimum absolute atomic E-state index is 0.0209. The van der Waals surface area contributed by atoms with E-state index in [1.807, 2.05) is 0 Å². The summed E-state index contributed by atoms with van der Waals surface area (Å²) in [6.45, 7) is 6.61. The standard InChI is InChI=1S/C38H48O12/c1-6-46-36(41)11-9-23-49-32-20-15-27(25-34(32)44-4)13-18-30(39)29(17-22-38(43)48-8-3)31(40)19-14-28-16-21-33(35(26-28)45-5)50-24-10-12-37(42)47-7-2/h13-16,18-21,25-26,39H,6-12,17,22-24H2,1-5H3/b18-13+,19-14+,30-29-. The van der Waals surface area contributed by atoms with E-state index in [4.69, 9.17) is 33.2 Å². The van der Waals surface area contributed by atoms with Crippen molar-refractivity contribution in [1.29, 1.82) is 0 Å². The van der Waals surface area contributed by atoms with Gasteiger partial charge in [0.15, 0.2) is 28.8 Å². The molecule has 1 N–H and O–H groups in total. The highest BCUT2D eigenvalue weighted by atomic mass is 16.5. The van der Waals surface area contributed by atoms with Gasteiger partial charge in [-0.15, -0.1) is 0 Å². The molecule has 0 bridgehead atoms. The SMILES string of the molecule is CCOC(=O)CCCOc1ccc(/C=C/C(=O)/C(CCC(=O)OCC)=C(O)/C=C/c2ccc(OCCCC(=O)OCC)c(OC)c2)cc1OC. The van der Waals surface area contributed by atoms with Crippen molar-refractivity contribution in [3.8, 4) is 23.0 Å². The lowest BCUT2D eigenvalue weighted by atomic mass is 10.0. The predicted octanol–water partition coefficient (Wildman–Crippen LogP) is 6.60. The van der Waals surface area contributed by atoms with Gasteiger partial charge in [-0.1, -0.05) is 24.3 Å². The Bertz CT molecular complexity index is 1510. The van der Waals surface area contributed by atoms with Crippen LogP contribution in [0.15, 0.2) is 59.9 Å². The van der Waals surface area contributed by atoms with E-state index in [2.05, 4.69) is 0 Å². The van der Waals surface area contributed by atoms with Gasteiger partial charge in [-0.3, -0.25) is 19.2 Å². The molecule has 0 aliphatic carbocycles. The van der Waals surface area contributed by atoms with Crippen LogP contribution < -0.4 is 18.9 Å². The first kappa shape index (κ1) is 40.9. The molecule has 0 fully saturated rings. The number of aliphatic hydroxyl groups is 1. The zero-order valence-corrected chi connectivity index (χ0v) is 29.5. The van der Waals surface area contributed by atoms with Crippen LogP contribution in [0.3, 0.4) is 0 Å². The normalized spacial score (nSPS) is 11.5. The minimum Gasteiger partial charge on any atom is -0.508 e. The van der Waals surface area contributed by atoms with E-state index >= 15 is 0 Å². The molecule has 2 aromatic rings. The van der Waals surface area contributed by atoms with Crippen LogP contribution >= 0.6 is 0 Å². The third-order valence-electron chi connectivity index (χ3n) is 6.90. The molecular weight excluding hydrogens is 648 g/mol. The zero-order chi connectivity index (χ0) is 36.7. The molecule has 0 aliphatic heterocycles. The third kappa shape index (κ3) is 14.9. The van der Waals surface area contributed by atoms with E-state index in [0.29, 0.717) is 60.2 Å². The second-order valence-corrected chi connectivity index (χ2v) is 10.5. The van der Waals surface area contributed by atoms with Crippen LogP contribution in [0.4, 0.5) is 0 Å². The van der Waals surface area contributed by atoms with Crippen molar-refractivity contribution >= 4 is 35.8 Å². The van der Waals surface area contributed by atoms with Gasteiger partial charge >= 0.3 is 17.9 Å². The van der Waals surface area contributed by atoms with Crippen molar-refractivity contribution in [1.82, 2.24) is 0 Å². The summed E-state index contributed by atoms with van der Waals surface area (Å²) in [6, 6.07) is 10.3. The maximum absolute atomic E-state index is 13.3. The summed E-state index contributed by atoms with van der Waals surface area (Å²) in [6.07, 6.45) is 7.11. The average molecular weight is 697 g/mol. The maximum Gasteiger partial charge on any atom is 0.306 e. The second kappa shape index (κ2) is 23.2. The molecule has 272 valence electrons. The lowest BCUT2D eigenvalue weighted by Crippen LogP contribution is -2.08. The number of aliphatic hydroxyl groups excluding tert-OH is 1. The molecular formula is C38H48O12. The number of allylic oxidation sites excluding steroid dienone is 3. The Labute approximate surface area is 293 Å². The van der Waals surface area contributed by atoms with E-state index in [0.717, 1.165) is 0 Å². The highest BCUT2D eigenvalue weighted by Crippen LogP contribution is 2.30. The summed E-state index contributed by atoms with van der Waals surface area (Å²) >= 11 is 0. The van der Waals surface area contributed by atoms with Gasteiger partial charge in [0.25, 0.3) is 0 Å². The van der Waals surface area contributed by atoms with Gasteiger partial charge in [0.05, 0.1) is 47.3 Å². The molecule has 0 radical (unpaired) electrons. The van der Waals surface area contributed by atoms with E-state index in [1.54, 1.807) is 69.3 Å². The molecule has 12 heteroatoms. The summed E-state index contributed by atoms with van der Waals surface area (Å²) < 4.78 is 37.3. The molecule has 12 nitrogen and oxygen atoms in total. The van der Waals surface area contributed by atoms with Crippen molar-refractivity contribution in [3.05, 3.63) is 71.0 Å². The Balaban J connectivity index is 2.19. The number of hydrogen-bond donors (Lipinski definition) is 1. The lowest BCUT2D eigenvalue weighted by molar-refractivity contribution is -0.144. The Hall–Kier alpha value is -5.26. The maximum atomic E-state index is 13.3. The summed E-state index contributed by atoms with van der Waals surface area (Å²) in [4.78, 5) is 48.5. The fraction of sp³-hybridized carbons (Fsp3) is 0.421. The number of esters is 3. The van der Waals surface area contributed by atoms with E-state index in [9.17, 15) is 24.3 Å². The van der Waals surface area contributed by atoms with Crippen LogP contribution in [0.5, 0.6) is 23.0 Å². The lowest BCUT2D eigenvalue weighted by Gasteiger charge is -2.11. The molecule has 0 aliphatic rings. The molecule has 2 aromatic carbocycles. The Kier molecular flexibility index (Phi) is 18.9. The predicted molar refractivity (Wildman–Crippen MR) is 187 cm³/mol. The van der Waals surface area contributed by atoms with Gasteiger partial charge < -0.3 is 38.3 Å². The van der Waals surface area contributed by atoms with E-state index in [1.165, 1.54) is 26.4 Å². The first-order chi connectivity index (χ1) is 24.1. The number of ether oxygens (including phenoxy) is 7. The fourth-order valence-corrected chi connectivity index (χ4v) is 4.46. The van der Waals surface area contributed by atoms with Gasteiger partial charge in [0.2, 0.25) is 0 Å². The highest BCUT2D eigenvalue weighted by molar-refractivity contribution is 6.07. The molecule has 0 aromatic heterocycles. The number of methoxy groups -OCH3 is 2. The largest absolute Gasteiger partial charge is 0.508 e. The number of carbonyl (C=O) groups is 4. The van der Waals surface area contributed by atoms with Crippen LogP contribution in [0.25, 0.3) is 12.2 Å². The minimum atomic E-state index is -0.501. The van der Waals surface area contributed by atoms with Gasteiger partial charge in [0.1, 0.15) is 5.76 Å². The van der Waals surface area contributed by atoms with Gasteiger partial charge in [-0.2, -0.15) is 0 Å². The van der Waals surface area contributed by atoms with Gasteiger partial charge in [-0.05, 0) is 87.6 Å². The van der Waals surface area contributed by atoms with Crippen LogP contribution in [-0.4, -0.2) is 76.1 Å². The van der Waals surface area contributed by atoms with Crippen LogP contribution in [0, 0.1) is 0 Å². The summed E-state index contributed by atoms with van der Waals surface area (Å²) in [5, 5.41) is 11.0. The number of hydrogen-bond acceptors (Lipinski definition) is 12. The quantitative estimate of drug-likeness (QED) is 0.0333. The summed E-state index contributed by atoms with van der Waals surface area (Å²) in [5.41, 5.74) is 1.30. The molecule has 0 unspecified atom stereocenters. The zero-order valence-electron chi connectivity index (χ0n) is 29.5. The van der Waals surface area contributed by atoms with Crippen LogP contribution in [0.1, 0.15) is 70.4 Å². The second-order valence-electron chi connectivity index (χ2n) is 10.5. The summed E-state index contributed by atoms with van der Waals surface area (Å²) in [5.74, 6) is -0.0507. The van der Waals surface area contributed by atoms with Crippen molar-refractivity contribution in [3.63, 3.8) is 0 Å². The Morgan fingerprint density at radius 1 is 0.600 bits per heavy atom. The number of rotatable bonds is 23. The number of benzene rings is 2. The van der Waals surface area contributed by atoms with Crippen molar-refractivity contribution < 1.29 is 57.4 Å². The number of ketones is 1. The molecule has 0 heterocycles. The average Bonchev–Trinajstić information content (AvgIpc) is 3.11. The molecule has 0 amide bonds. The highest BCUT2D eigenvalue weighted by Gasteiger charge is 2.15. The molecule has 50 heavy (non-hydrogen) atoms. The Morgan fingerprint density at radius 3 is 1.48 bits per heavy atom. The topological polar surface area (TPSA) is 153 Å². The number of carbonyl (C=O) groups excluding carboxylic acids is 4. The Morgan fingerprint density at radius 2 is 1.04 bits per heavy atom. The van der Waals surface area contributed by atoms with Crippen LogP contribution in [-0.2, 0) is 33.4 Å². The van der Waals surface area contributed by atoms with Gasteiger partial charge in [0, 0.05) is 24.8 Å². The smallest absolute Gasteiger partial charge is 0.306 e. The van der Waals surface area contributed by atoms with Crippen molar-refractivity contribution in [2.45, 2.75) is 59.3 Å². The third-order valence-corrected chi connectivity index (χ3v) is 6.90. The molecule has 0 saturated heterocycles. The molecule has 0 saturated carbocycles. The van der Waals surface area contributed by atoms with Crippen molar-refractivity contribution in [2.24, 2.45) is 0 Å².